The van der Waals surface area contributed by atoms with Crippen molar-refractivity contribution in [2.75, 3.05) is 0 Å². The number of nitrogens with zero attached hydrogens (tertiary/aromatic N) is 2. The highest BCUT2D eigenvalue weighted by atomic mass is 19.1. The fourth-order valence-electron chi connectivity index (χ4n) is 1.88. The molecule has 0 radical (unpaired) electrons. The fourth-order valence-corrected chi connectivity index (χ4v) is 1.88. The first-order chi connectivity index (χ1) is 8.65. The van der Waals surface area contributed by atoms with E-state index >= 15 is 0 Å². The van der Waals surface area contributed by atoms with E-state index in [-0.39, 0.29) is 11.9 Å². The highest BCUT2D eigenvalue weighted by Gasteiger charge is 2.33. The van der Waals surface area contributed by atoms with Crippen LogP contribution in [-0.2, 0) is 0 Å². The minimum absolute atomic E-state index is 0.193. The van der Waals surface area contributed by atoms with Gasteiger partial charge in [0.05, 0.1) is 6.04 Å². The molecule has 1 aliphatic carbocycles. The Bertz CT molecular complexity index is 577. The molecule has 0 bridgehead atoms. The molecule has 1 aromatic carbocycles. The Morgan fingerprint density at radius 1 is 1.44 bits per heavy atom. The Labute approximate surface area is 104 Å². The summed E-state index contributed by atoms with van der Waals surface area (Å²) < 4.78 is 18.6. The number of benzene rings is 1. The van der Waals surface area contributed by atoms with Crippen LogP contribution in [0, 0.1) is 18.7 Å². The third-order valence-electron chi connectivity index (χ3n) is 3.29. The Balaban J connectivity index is 1.89. The van der Waals surface area contributed by atoms with Gasteiger partial charge in [0.15, 0.2) is 0 Å². The van der Waals surface area contributed by atoms with Crippen LogP contribution in [0.4, 0.5) is 4.39 Å². The zero-order valence-corrected chi connectivity index (χ0v) is 10.1. The minimum atomic E-state index is -0.273. The molecule has 1 aliphatic rings. The lowest BCUT2D eigenvalue weighted by Crippen LogP contribution is -2.12. The molecule has 0 spiro atoms. The topological polar surface area (TPSA) is 64.9 Å². The van der Waals surface area contributed by atoms with Crippen molar-refractivity contribution in [2.24, 2.45) is 11.7 Å². The molecular weight excluding hydrogens is 233 g/mol. The smallest absolute Gasteiger partial charge is 0.244 e. The number of hydrogen-bond acceptors (Lipinski definition) is 4. The lowest BCUT2D eigenvalue weighted by Gasteiger charge is -2.01. The summed E-state index contributed by atoms with van der Waals surface area (Å²) in [5.74, 6) is 1.01. The summed E-state index contributed by atoms with van der Waals surface area (Å²) in [5, 5.41) is 3.86. The van der Waals surface area contributed by atoms with Gasteiger partial charge < -0.3 is 10.3 Å². The molecule has 18 heavy (non-hydrogen) atoms. The van der Waals surface area contributed by atoms with Crippen LogP contribution in [0.3, 0.4) is 0 Å². The normalized spacial score (nSPS) is 16.8. The first-order valence-corrected chi connectivity index (χ1v) is 6.01. The molecule has 94 valence electrons. The number of nitrogens with two attached hydrogens (primary N) is 1. The van der Waals surface area contributed by atoms with Crippen molar-refractivity contribution in [1.82, 2.24) is 10.1 Å². The highest BCUT2D eigenvalue weighted by molar-refractivity contribution is 5.55. The Morgan fingerprint density at radius 2 is 2.22 bits per heavy atom. The molecule has 5 heteroatoms. The molecule has 1 aromatic heterocycles. The van der Waals surface area contributed by atoms with E-state index in [0.717, 1.165) is 12.8 Å². The average molecular weight is 247 g/mol. The minimum Gasteiger partial charge on any atom is -0.337 e. The van der Waals surface area contributed by atoms with Gasteiger partial charge in [0, 0.05) is 5.56 Å². The molecule has 1 heterocycles. The van der Waals surface area contributed by atoms with Gasteiger partial charge in [-0.25, -0.2) is 4.39 Å². The highest BCUT2D eigenvalue weighted by Crippen LogP contribution is 2.39. The monoisotopic (exact) mass is 247 g/mol. The molecule has 1 unspecified atom stereocenters. The van der Waals surface area contributed by atoms with Crippen LogP contribution >= 0.6 is 0 Å². The summed E-state index contributed by atoms with van der Waals surface area (Å²) in [6, 6.07) is 4.69. The molecular formula is C13H14FN3O. The molecule has 0 amide bonds. The lowest BCUT2D eigenvalue weighted by molar-refractivity contribution is 0.343. The van der Waals surface area contributed by atoms with Crippen molar-refractivity contribution in [3.05, 3.63) is 35.5 Å². The van der Waals surface area contributed by atoms with Gasteiger partial charge in [-0.2, -0.15) is 4.98 Å². The summed E-state index contributed by atoms with van der Waals surface area (Å²) >= 11 is 0. The Morgan fingerprint density at radius 3 is 2.89 bits per heavy atom. The van der Waals surface area contributed by atoms with Crippen molar-refractivity contribution in [2.45, 2.75) is 25.8 Å². The van der Waals surface area contributed by atoms with E-state index in [9.17, 15) is 4.39 Å². The van der Waals surface area contributed by atoms with Gasteiger partial charge in [0.1, 0.15) is 5.82 Å². The van der Waals surface area contributed by atoms with Crippen molar-refractivity contribution in [3.63, 3.8) is 0 Å². The van der Waals surface area contributed by atoms with E-state index in [1.165, 1.54) is 6.07 Å². The molecule has 0 saturated heterocycles. The quantitative estimate of drug-likeness (QED) is 0.905. The number of aromatic nitrogens is 2. The van der Waals surface area contributed by atoms with E-state index in [0.29, 0.717) is 28.8 Å². The van der Waals surface area contributed by atoms with E-state index in [4.69, 9.17) is 10.3 Å². The van der Waals surface area contributed by atoms with E-state index < -0.39 is 0 Å². The zero-order valence-electron chi connectivity index (χ0n) is 10.1. The maximum absolute atomic E-state index is 13.5. The maximum atomic E-state index is 13.5. The van der Waals surface area contributed by atoms with Crippen LogP contribution < -0.4 is 5.73 Å². The fraction of sp³-hybridized carbons (Fsp3) is 0.385. The average Bonchev–Trinajstić information content (AvgIpc) is 3.09. The van der Waals surface area contributed by atoms with Gasteiger partial charge in [0.25, 0.3) is 0 Å². The Kier molecular flexibility index (Phi) is 2.63. The first-order valence-electron chi connectivity index (χ1n) is 6.01. The molecule has 2 N–H and O–H groups in total. The van der Waals surface area contributed by atoms with Crippen LogP contribution in [-0.4, -0.2) is 10.1 Å². The third-order valence-corrected chi connectivity index (χ3v) is 3.29. The molecule has 1 atom stereocenters. The van der Waals surface area contributed by atoms with Crippen molar-refractivity contribution in [1.29, 1.82) is 0 Å². The number of hydrogen-bond donors (Lipinski definition) is 1. The summed E-state index contributed by atoms with van der Waals surface area (Å²) in [5.41, 5.74) is 7.18. The van der Waals surface area contributed by atoms with Gasteiger partial charge in [-0.3, -0.25) is 0 Å². The standard InChI is InChI=1S/C13H14FN3O/c1-7-2-3-9(6-10(7)14)12-16-13(18-17-12)11(15)8-4-5-8/h2-3,6,8,11H,4-5,15H2,1H3. The molecule has 2 aromatic rings. The zero-order chi connectivity index (χ0) is 12.7. The van der Waals surface area contributed by atoms with Crippen LogP contribution in [0.2, 0.25) is 0 Å². The largest absolute Gasteiger partial charge is 0.337 e. The summed E-state index contributed by atoms with van der Waals surface area (Å²) in [7, 11) is 0. The van der Waals surface area contributed by atoms with Gasteiger partial charge in [-0.05, 0) is 37.3 Å². The van der Waals surface area contributed by atoms with Crippen LogP contribution in [0.25, 0.3) is 11.4 Å². The van der Waals surface area contributed by atoms with E-state index in [1.807, 2.05) is 0 Å². The number of aryl methyl sites for hydroxylation is 1. The van der Waals surface area contributed by atoms with Crippen LogP contribution in [0.15, 0.2) is 22.7 Å². The Hall–Kier alpha value is -1.75. The number of rotatable bonds is 3. The third kappa shape index (κ3) is 2.01. The van der Waals surface area contributed by atoms with Crippen molar-refractivity contribution in [3.8, 4) is 11.4 Å². The molecule has 4 nitrogen and oxygen atoms in total. The second kappa shape index (κ2) is 4.17. The van der Waals surface area contributed by atoms with E-state index in [1.54, 1.807) is 19.1 Å². The number of halogens is 1. The molecule has 1 saturated carbocycles. The van der Waals surface area contributed by atoms with Gasteiger partial charge >= 0.3 is 0 Å². The summed E-state index contributed by atoms with van der Waals surface area (Å²) in [6.07, 6.45) is 2.22. The summed E-state index contributed by atoms with van der Waals surface area (Å²) in [4.78, 5) is 4.24. The van der Waals surface area contributed by atoms with Gasteiger partial charge in [0.2, 0.25) is 11.7 Å². The summed E-state index contributed by atoms with van der Waals surface area (Å²) in [6.45, 7) is 1.71. The van der Waals surface area contributed by atoms with Crippen molar-refractivity contribution < 1.29 is 8.91 Å². The molecule has 0 aliphatic heterocycles. The molecule has 1 fully saturated rings. The maximum Gasteiger partial charge on any atom is 0.244 e. The predicted molar refractivity (Wildman–Crippen MR) is 64.1 cm³/mol. The van der Waals surface area contributed by atoms with E-state index in [2.05, 4.69) is 10.1 Å². The van der Waals surface area contributed by atoms with Crippen molar-refractivity contribution >= 4 is 0 Å². The predicted octanol–water partition coefficient (Wildman–Crippen LogP) is 2.59. The van der Waals surface area contributed by atoms with Gasteiger partial charge in [-0.15, -0.1) is 0 Å². The molecule has 3 rings (SSSR count). The van der Waals surface area contributed by atoms with Crippen LogP contribution in [0.5, 0.6) is 0 Å². The lowest BCUT2D eigenvalue weighted by atomic mass is 10.1. The van der Waals surface area contributed by atoms with Gasteiger partial charge in [-0.1, -0.05) is 17.3 Å². The second-order valence-corrected chi connectivity index (χ2v) is 4.78. The second-order valence-electron chi connectivity index (χ2n) is 4.78. The SMILES string of the molecule is Cc1ccc(-c2noc(C(N)C3CC3)n2)cc1F. The first kappa shape index (κ1) is 11.3. The van der Waals surface area contributed by atoms with Crippen LogP contribution in [0.1, 0.15) is 30.3 Å².